The molecule has 1 fully saturated rings. The van der Waals surface area contributed by atoms with Gasteiger partial charge in [-0.25, -0.2) is 0 Å². The van der Waals surface area contributed by atoms with Crippen molar-refractivity contribution in [2.75, 3.05) is 13.1 Å². The van der Waals surface area contributed by atoms with Gasteiger partial charge >= 0.3 is 0 Å². The lowest BCUT2D eigenvalue weighted by Gasteiger charge is -2.43. The fourth-order valence-electron chi connectivity index (χ4n) is 4.54. The van der Waals surface area contributed by atoms with E-state index in [0.29, 0.717) is 25.3 Å². The Hall–Kier alpha value is -1.84. The van der Waals surface area contributed by atoms with Crippen LogP contribution in [0.25, 0.3) is 0 Å². The average molecular weight is 373 g/mol. The third kappa shape index (κ3) is 5.33. The van der Waals surface area contributed by atoms with E-state index in [2.05, 4.69) is 45.0 Å². The average Bonchev–Trinajstić information content (AvgIpc) is 2.64. The highest BCUT2D eigenvalue weighted by molar-refractivity contribution is 5.87. The van der Waals surface area contributed by atoms with Crippen LogP contribution < -0.4 is 5.73 Å². The Bertz CT molecular complexity index is 629. The molecular weight excluding hydrogens is 336 g/mol. The van der Waals surface area contributed by atoms with E-state index in [1.165, 1.54) is 5.56 Å². The van der Waals surface area contributed by atoms with Crippen LogP contribution in [-0.4, -0.2) is 29.8 Å². The van der Waals surface area contributed by atoms with Gasteiger partial charge in [-0.05, 0) is 37.2 Å². The molecule has 4 heteroatoms. The molecule has 1 heterocycles. The number of nitrogens with zero attached hydrogens (tertiary/aromatic N) is 1. The van der Waals surface area contributed by atoms with E-state index in [9.17, 15) is 9.59 Å². The second-order valence-corrected chi connectivity index (χ2v) is 8.82. The maximum atomic E-state index is 13.5. The van der Waals surface area contributed by atoms with Crippen LogP contribution in [0, 0.1) is 17.8 Å². The van der Waals surface area contributed by atoms with Gasteiger partial charge in [0.2, 0.25) is 11.8 Å². The SMILES string of the molecule is CCCC(C(N)=O)C(CC(C)C)C(=O)N1CCCC(C)(c2ccccc2)C1. The number of benzene rings is 1. The molecule has 4 nitrogen and oxygen atoms in total. The van der Waals surface area contributed by atoms with Crippen LogP contribution >= 0.6 is 0 Å². The van der Waals surface area contributed by atoms with E-state index in [-0.39, 0.29) is 29.1 Å². The zero-order valence-corrected chi connectivity index (χ0v) is 17.4. The van der Waals surface area contributed by atoms with Gasteiger partial charge in [-0.2, -0.15) is 0 Å². The lowest BCUT2D eigenvalue weighted by Crippen LogP contribution is -2.51. The molecule has 0 aromatic heterocycles. The quantitative estimate of drug-likeness (QED) is 0.746. The summed E-state index contributed by atoms with van der Waals surface area (Å²) in [6.07, 6.45) is 4.31. The number of carbonyl (C=O) groups excluding carboxylic acids is 2. The number of amides is 2. The fraction of sp³-hybridized carbons (Fsp3) is 0.652. The van der Waals surface area contributed by atoms with Crippen molar-refractivity contribution in [2.45, 2.75) is 65.2 Å². The van der Waals surface area contributed by atoms with Crippen molar-refractivity contribution in [3.05, 3.63) is 35.9 Å². The smallest absolute Gasteiger partial charge is 0.226 e. The van der Waals surface area contributed by atoms with E-state index in [1.54, 1.807) is 0 Å². The van der Waals surface area contributed by atoms with Gasteiger partial charge in [0.1, 0.15) is 0 Å². The number of primary amides is 1. The second kappa shape index (κ2) is 9.38. The van der Waals surface area contributed by atoms with Crippen molar-refractivity contribution in [2.24, 2.45) is 23.5 Å². The second-order valence-electron chi connectivity index (χ2n) is 8.82. The molecule has 0 saturated carbocycles. The number of hydrogen-bond donors (Lipinski definition) is 1. The Morgan fingerprint density at radius 2 is 1.85 bits per heavy atom. The van der Waals surface area contributed by atoms with Gasteiger partial charge in [0.15, 0.2) is 0 Å². The molecule has 3 atom stereocenters. The third-order valence-electron chi connectivity index (χ3n) is 5.97. The highest BCUT2D eigenvalue weighted by Crippen LogP contribution is 2.35. The molecule has 0 spiro atoms. The minimum absolute atomic E-state index is 0.0372. The summed E-state index contributed by atoms with van der Waals surface area (Å²) < 4.78 is 0. The van der Waals surface area contributed by atoms with Gasteiger partial charge in [0, 0.05) is 30.3 Å². The van der Waals surface area contributed by atoms with Crippen LogP contribution in [0.2, 0.25) is 0 Å². The summed E-state index contributed by atoms with van der Waals surface area (Å²) in [7, 11) is 0. The molecule has 1 aliphatic heterocycles. The summed E-state index contributed by atoms with van der Waals surface area (Å²) in [6, 6.07) is 10.5. The number of piperidine rings is 1. The molecule has 3 unspecified atom stereocenters. The lowest BCUT2D eigenvalue weighted by molar-refractivity contribution is -0.144. The standard InChI is InChI=1S/C23H36N2O2/c1-5-10-19(21(24)26)20(15-17(2)3)22(27)25-14-9-13-23(4,16-25)18-11-7-6-8-12-18/h6-8,11-12,17,19-20H,5,9-10,13-16H2,1-4H3,(H2,24,26). The Morgan fingerprint density at radius 1 is 1.19 bits per heavy atom. The zero-order valence-electron chi connectivity index (χ0n) is 17.4. The van der Waals surface area contributed by atoms with Crippen molar-refractivity contribution < 1.29 is 9.59 Å². The molecule has 1 aliphatic rings. The van der Waals surface area contributed by atoms with Crippen LogP contribution in [0.15, 0.2) is 30.3 Å². The number of carbonyl (C=O) groups is 2. The first-order valence-electron chi connectivity index (χ1n) is 10.4. The summed E-state index contributed by atoms with van der Waals surface area (Å²) in [5.74, 6) is -0.542. The first-order valence-corrected chi connectivity index (χ1v) is 10.4. The molecule has 1 aromatic rings. The molecular formula is C23H36N2O2. The van der Waals surface area contributed by atoms with Gasteiger partial charge in [0.25, 0.3) is 0 Å². The molecule has 2 rings (SSSR count). The minimum atomic E-state index is -0.366. The van der Waals surface area contributed by atoms with E-state index >= 15 is 0 Å². The van der Waals surface area contributed by atoms with Crippen LogP contribution in [0.5, 0.6) is 0 Å². The van der Waals surface area contributed by atoms with Crippen molar-refractivity contribution >= 4 is 11.8 Å². The summed E-state index contributed by atoms with van der Waals surface area (Å²) in [6.45, 7) is 9.98. The predicted octanol–water partition coefficient (Wildman–Crippen LogP) is 4.13. The maximum Gasteiger partial charge on any atom is 0.226 e. The molecule has 1 aromatic carbocycles. The highest BCUT2D eigenvalue weighted by Gasteiger charge is 2.39. The van der Waals surface area contributed by atoms with Gasteiger partial charge in [-0.15, -0.1) is 0 Å². The third-order valence-corrected chi connectivity index (χ3v) is 5.97. The molecule has 27 heavy (non-hydrogen) atoms. The summed E-state index contributed by atoms with van der Waals surface area (Å²) in [5.41, 5.74) is 6.94. The van der Waals surface area contributed by atoms with Crippen molar-refractivity contribution in [3.63, 3.8) is 0 Å². The van der Waals surface area contributed by atoms with Crippen LogP contribution in [0.4, 0.5) is 0 Å². The zero-order chi connectivity index (χ0) is 20.0. The largest absolute Gasteiger partial charge is 0.369 e. The number of hydrogen-bond acceptors (Lipinski definition) is 2. The van der Waals surface area contributed by atoms with Crippen LogP contribution in [0.3, 0.4) is 0 Å². The number of rotatable bonds is 8. The minimum Gasteiger partial charge on any atom is -0.369 e. The summed E-state index contributed by atoms with van der Waals surface area (Å²) in [5, 5.41) is 0. The van der Waals surface area contributed by atoms with Gasteiger partial charge in [0.05, 0.1) is 0 Å². The Kier molecular flexibility index (Phi) is 7.46. The van der Waals surface area contributed by atoms with Crippen molar-refractivity contribution in [1.82, 2.24) is 4.90 Å². The first-order chi connectivity index (χ1) is 12.8. The topological polar surface area (TPSA) is 63.4 Å². The first kappa shape index (κ1) is 21.5. The van der Waals surface area contributed by atoms with Crippen molar-refractivity contribution in [3.8, 4) is 0 Å². The Morgan fingerprint density at radius 3 is 2.41 bits per heavy atom. The highest BCUT2D eigenvalue weighted by atomic mass is 16.2. The molecule has 0 bridgehead atoms. The van der Waals surface area contributed by atoms with Crippen LogP contribution in [-0.2, 0) is 15.0 Å². The Labute approximate surface area is 164 Å². The van der Waals surface area contributed by atoms with Crippen molar-refractivity contribution in [1.29, 1.82) is 0 Å². The van der Waals surface area contributed by atoms with E-state index in [0.717, 1.165) is 25.8 Å². The fourth-order valence-corrected chi connectivity index (χ4v) is 4.54. The molecule has 1 saturated heterocycles. The van der Waals surface area contributed by atoms with Gasteiger partial charge < -0.3 is 10.6 Å². The van der Waals surface area contributed by atoms with E-state index in [1.807, 2.05) is 17.9 Å². The molecule has 0 radical (unpaired) electrons. The van der Waals surface area contributed by atoms with E-state index < -0.39 is 0 Å². The molecule has 150 valence electrons. The molecule has 0 aliphatic carbocycles. The monoisotopic (exact) mass is 372 g/mol. The predicted molar refractivity (Wildman–Crippen MR) is 110 cm³/mol. The normalized spacial score (nSPS) is 22.5. The summed E-state index contributed by atoms with van der Waals surface area (Å²) >= 11 is 0. The number of nitrogens with two attached hydrogens (primary N) is 1. The number of likely N-dealkylation sites (tertiary alicyclic amines) is 1. The molecule has 2 amide bonds. The summed E-state index contributed by atoms with van der Waals surface area (Å²) in [4.78, 5) is 27.6. The van der Waals surface area contributed by atoms with Crippen LogP contribution in [0.1, 0.15) is 65.4 Å². The van der Waals surface area contributed by atoms with Gasteiger partial charge in [-0.1, -0.05) is 64.4 Å². The van der Waals surface area contributed by atoms with Gasteiger partial charge in [-0.3, -0.25) is 9.59 Å². The molecule has 2 N–H and O–H groups in total. The Balaban J connectivity index is 2.24. The maximum absolute atomic E-state index is 13.5. The lowest BCUT2D eigenvalue weighted by atomic mass is 9.75. The van der Waals surface area contributed by atoms with E-state index in [4.69, 9.17) is 5.73 Å².